The number of nitrogens with zero attached hydrogens (tertiary/aromatic N) is 1. The summed E-state index contributed by atoms with van der Waals surface area (Å²) >= 11 is 0. The van der Waals surface area contributed by atoms with E-state index in [-0.39, 0.29) is 17.9 Å². The number of carbonyl (C=O) groups is 3. The maximum atomic E-state index is 11.7. The molecule has 1 fully saturated rings. The molecule has 1 aliphatic carbocycles. The highest BCUT2D eigenvalue weighted by Crippen LogP contribution is 2.31. The van der Waals surface area contributed by atoms with E-state index in [1.54, 1.807) is 0 Å². The summed E-state index contributed by atoms with van der Waals surface area (Å²) in [5, 5.41) is 9.35. The van der Waals surface area contributed by atoms with Gasteiger partial charge in [0.05, 0.1) is 0 Å². The van der Waals surface area contributed by atoms with Crippen molar-refractivity contribution in [2.75, 3.05) is 0 Å². The molecule has 0 atom stereocenters. The minimum absolute atomic E-state index is 0.0596. The number of carboxylic acid groups (broad SMARTS) is 1. The van der Waals surface area contributed by atoms with E-state index in [1.165, 1.54) is 4.90 Å². The highest BCUT2D eigenvalue weighted by molar-refractivity contribution is 5.79. The number of hydrazine groups is 1. The van der Waals surface area contributed by atoms with Crippen LogP contribution in [0.25, 0.3) is 0 Å². The first-order chi connectivity index (χ1) is 9.27. The van der Waals surface area contributed by atoms with Gasteiger partial charge < -0.3 is 10.0 Å². The molecule has 3 N–H and O–H groups in total. The molecule has 0 aromatic carbocycles. The Balaban J connectivity index is 2.58. The zero-order valence-electron chi connectivity index (χ0n) is 12.2. The van der Waals surface area contributed by atoms with Gasteiger partial charge in [0, 0.05) is 17.5 Å². The molecule has 0 unspecified atom stereocenters. The van der Waals surface area contributed by atoms with Crippen molar-refractivity contribution in [1.82, 2.24) is 15.8 Å². The number of amides is 3. The molecule has 0 radical (unpaired) electrons. The van der Waals surface area contributed by atoms with Gasteiger partial charge in [-0.1, -0.05) is 0 Å². The normalized spacial score (nSPS) is 22.8. The van der Waals surface area contributed by atoms with Crippen molar-refractivity contribution >= 4 is 18.4 Å². The lowest BCUT2D eigenvalue weighted by Gasteiger charge is -2.42. The molecule has 0 spiro atoms. The number of rotatable bonds is 4. The van der Waals surface area contributed by atoms with Crippen LogP contribution in [-0.4, -0.2) is 40.0 Å². The molecule has 3 amide bonds. The maximum absolute atomic E-state index is 11.7. The molecule has 0 aliphatic heterocycles. The van der Waals surface area contributed by atoms with Gasteiger partial charge in [-0.2, -0.15) is 0 Å². The molecule has 0 bridgehead atoms. The van der Waals surface area contributed by atoms with E-state index in [2.05, 4.69) is 10.9 Å². The first-order valence-corrected chi connectivity index (χ1v) is 6.78. The van der Waals surface area contributed by atoms with Crippen LogP contribution in [0.5, 0.6) is 0 Å². The van der Waals surface area contributed by atoms with E-state index in [9.17, 15) is 19.5 Å². The van der Waals surface area contributed by atoms with Gasteiger partial charge >= 0.3 is 6.09 Å². The van der Waals surface area contributed by atoms with Gasteiger partial charge in [0.25, 0.3) is 0 Å². The largest absolute Gasteiger partial charge is 0.465 e. The Hall–Kier alpha value is -1.79. The SMILES string of the molecule is CC(C)(C)N(C(=O)O)C1CCC(C(=O)NNC=O)CC1. The van der Waals surface area contributed by atoms with Crippen LogP contribution >= 0.6 is 0 Å². The molecule has 114 valence electrons. The lowest BCUT2D eigenvalue weighted by Crippen LogP contribution is -2.53. The molecule has 0 aromatic heterocycles. The highest BCUT2D eigenvalue weighted by atomic mass is 16.4. The predicted molar refractivity (Wildman–Crippen MR) is 72.7 cm³/mol. The van der Waals surface area contributed by atoms with Gasteiger partial charge in [0.15, 0.2) is 0 Å². The number of hydrogen-bond acceptors (Lipinski definition) is 3. The van der Waals surface area contributed by atoms with E-state index >= 15 is 0 Å². The molecule has 0 aromatic rings. The fourth-order valence-electron chi connectivity index (χ4n) is 2.79. The summed E-state index contributed by atoms with van der Waals surface area (Å²) in [7, 11) is 0. The number of hydrogen-bond donors (Lipinski definition) is 3. The number of nitrogens with one attached hydrogen (secondary N) is 2. The summed E-state index contributed by atoms with van der Waals surface area (Å²) in [6.07, 6.45) is 2.04. The van der Waals surface area contributed by atoms with E-state index < -0.39 is 11.6 Å². The van der Waals surface area contributed by atoms with Gasteiger partial charge in [-0.05, 0) is 46.5 Å². The van der Waals surface area contributed by atoms with Crippen molar-refractivity contribution < 1.29 is 19.5 Å². The van der Waals surface area contributed by atoms with Crippen molar-refractivity contribution in [3.05, 3.63) is 0 Å². The zero-order valence-corrected chi connectivity index (χ0v) is 12.2. The molecule has 1 aliphatic rings. The van der Waals surface area contributed by atoms with E-state index in [4.69, 9.17) is 0 Å². The van der Waals surface area contributed by atoms with E-state index in [1.807, 2.05) is 20.8 Å². The minimum atomic E-state index is -0.923. The average Bonchev–Trinajstić information content (AvgIpc) is 2.34. The molecule has 20 heavy (non-hydrogen) atoms. The third-order valence-corrected chi connectivity index (χ3v) is 3.62. The van der Waals surface area contributed by atoms with Gasteiger partial charge in [-0.15, -0.1) is 0 Å². The summed E-state index contributed by atoms with van der Waals surface area (Å²) in [5.74, 6) is -0.387. The molecule has 0 heterocycles. The Labute approximate surface area is 118 Å². The van der Waals surface area contributed by atoms with Gasteiger partial charge in [0.1, 0.15) is 0 Å². The second-order valence-electron chi connectivity index (χ2n) is 6.08. The smallest absolute Gasteiger partial charge is 0.407 e. The molecule has 7 nitrogen and oxygen atoms in total. The fourth-order valence-corrected chi connectivity index (χ4v) is 2.79. The van der Waals surface area contributed by atoms with E-state index in [0.29, 0.717) is 32.1 Å². The lowest BCUT2D eigenvalue weighted by atomic mass is 9.83. The van der Waals surface area contributed by atoms with Crippen molar-refractivity contribution in [3.8, 4) is 0 Å². The standard InChI is InChI=1S/C13H23N3O4/c1-13(2,3)16(12(19)20)10-6-4-9(5-7-10)11(18)15-14-8-17/h8-10H,4-7H2,1-3H3,(H,14,17)(H,15,18)(H,19,20). The van der Waals surface area contributed by atoms with Crippen LogP contribution in [-0.2, 0) is 9.59 Å². The zero-order chi connectivity index (χ0) is 15.3. The van der Waals surface area contributed by atoms with Crippen LogP contribution in [0.1, 0.15) is 46.5 Å². The summed E-state index contributed by atoms with van der Waals surface area (Å²) in [5.41, 5.74) is 4.00. The van der Waals surface area contributed by atoms with Crippen LogP contribution in [0.4, 0.5) is 4.79 Å². The van der Waals surface area contributed by atoms with Gasteiger partial charge in [0.2, 0.25) is 12.3 Å². The van der Waals surface area contributed by atoms with Gasteiger partial charge in [-0.3, -0.25) is 20.4 Å². The average molecular weight is 285 g/mol. The lowest BCUT2D eigenvalue weighted by molar-refractivity contribution is -0.129. The minimum Gasteiger partial charge on any atom is -0.465 e. The van der Waals surface area contributed by atoms with Crippen molar-refractivity contribution in [2.45, 2.75) is 58.0 Å². The molecule has 1 saturated carbocycles. The highest BCUT2D eigenvalue weighted by Gasteiger charge is 2.36. The van der Waals surface area contributed by atoms with Crippen molar-refractivity contribution in [3.63, 3.8) is 0 Å². The second-order valence-corrected chi connectivity index (χ2v) is 6.08. The van der Waals surface area contributed by atoms with E-state index in [0.717, 1.165) is 0 Å². The molecular weight excluding hydrogens is 262 g/mol. The third-order valence-electron chi connectivity index (χ3n) is 3.62. The van der Waals surface area contributed by atoms with Crippen LogP contribution in [0.3, 0.4) is 0 Å². The molecule has 7 heteroatoms. The Morgan fingerprint density at radius 3 is 2.15 bits per heavy atom. The van der Waals surface area contributed by atoms with Crippen molar-refractivity contribution in [2.24, 2.45) is 5.92 Å². The first-order valence-electron chi connectivity index (χ1n) is 6.78. The Morgan fingerprint density at radius 2 is 1.75 bits per heavy atom. The van der Waals surface area contributed by atoms with Crippen LogP contribution < -0.4 is 10.9 Å². The van der Waals surface area contributed by atoms with Crippen LogP contribution in [0.2, 0.25) is 0 Å². The Morgan fingerprint density at radius 1 is 1.20 bits per heavy atom. The molecule has 0 saturated heterocycles. The Bertz CT molecular complexity index is 370. The Kier molecular flexibility index (Phi) is 5.35. The van der Waals surface area contributed by atoms with Crippen LogP contribution in [0.15, 0.2) is 0 Å². The topological polar surface area (TPSA) is 98.7 Å². The predicted octanol–water partition coefficient (Wildman–Crippen LogP) is 1.10. The van der Waals surface area contributed by atoms with Crippen LogP contribution in [0, 0.1) is 5.92 Å². The summed E-state index contributed by atoms with van der Waals surface area (Å²) in [6.45, 7) is 5.61. The van der Waals surface area contributed by atoms with Crippen molar-refractivity contribution in [1.29, 1.82) is 0 Å². The van der Waals surface area contributed by atoms with Gasteiger partial charge in [-0.25, -0.2) is 4.79 Å². The quantitative estimate of drug-likeness (QED) is 0.532. The monoisotopic (exact) mass is 285 g/mol. The summed E-state index contributed by atoms with van der Waals surface area (Å²) in [4.78, 5) is 34.7. The second kappa shape index (κ2) is 6.58. The third kappa shape index (κ3) is 4.11. The molecular formula is C13H23N3O4. The summed E-state index contributed by atoms with van der Waals surface area (Å²) < 4.78 is 0. The maximum Gasteiger partial charge on any atom is 0.407 e. The first kappa shape index (κ1) is 16.3. The fraction of sp³-hybridized carbons (Fsp3) is 0.769. The summed E-state index contributed by atoms with van der Waals surface area (Å²) in [6, 6.07) is -0.0596. The molecule has 1 rings (SSSR count). The number of carbonyl (C=O) groups excluding carboxylic acids is 2.